The van der Waals surface area contributed by atoms with E-state index < -0.39 is 0 Å². The highest BCUT2D eigenvalue weighted by Crippen LogP contribution is 2.38. The second-order valence-corrected chi connectivity index (χ2v) is 5.49. The van der Waals surface area contributed by atoms with Crippen LogP contribution in [-0.4, -0.2) is 10.3 Å². The molecule has 0 saturated heterocycles. The molecular formula is C11H14BrNS. The molecule has 0 aliphatic heterocycles. The lowest BCUT2D eigenvalue weighted by Crippen LogP contribution is -2.26. The van der Waals surface area contributed by atoms with Gasteiger partial charge in [0.05, 0.1) is 5.01 Å². The summed E-state index contributed by atoms with van der Waals surface area (Å²) in [6.07, 6.45) is 11.3. The van der Waals surface area contributed by atoms with Crippen LogP contribution in [0.25, 0.3) is 0 Å². The number of allylic oxidation sites excluding steroid dienone is 2. The van der Waals surface area contributed by atoms with Crippen LogP contribution in [0.5, 0.6) is 0 Å². The smallest absolute Gasteiger partial charge is 0.0930 e. The Bertz CT molecular complexity index is 307. The summed E-state index contributed by atoms with van der Waals surface area (Å²) < 4.78 is 0. The van der Waals surface area contributed by atoms with E-state index in [-0.39, 0.29) is 0 Å². The lowest BCUT2D eigenvalue weighted by Gasteiger charge is -2.32. The van der Waals surface area contributed by atoms with Gasteiger partial charge in [-0.2, -0.15) is 0 Å². The molecule has 0 fully saturated rings. The summed E-state index contributed by atoms with van der Waals surface area (Å²) in [5, 5.41) is 4.43. The zero-order chi connectivity index (χ0) is 9.86. The largest absolute Gasteiger partial charge is 0.250 e. The van der Waals surface area contributed by atoms with Crippen molar-refractivity contribution in [3.63, 3.8) is 0 Å². The van der Waals surface area contributed by atoms with E-state index in [0.717, 1.165) is 11.8 Å². The van der Waals surface area contributed by atoms with Gasteiger partial charge in [0.2, 0.25) is 0 Å². The monoisotopic (exact) mass is 271 g/mol. The first-order chi connectivity index (χ1) is 6.85. The van der Waals surface area contributed by atoms with E-state index in [4.69, 9.17) is 0 Å². The first kappa shape index (κ1) is 10.4. The van der Waals surface area contributed by atoms with Gasteiger partial charge in [0.15, 0.2) is 0 Å². The zero-order valence-corrected chi connectivity index (χ0v) is 10.5. The molecule has 1 aromatic rings. The fraction of sp³-hybridized carbons (Fsp3) is 0.545. The lowest BCUT2D eigenvalue weighted by atomic mass is 9.76. The fourth-order valence-electron chi connectivity index (χ4n) is 1.93. The Labute approximate surface area is 97.4 Å². The van der Waals surface area contributed by atoms with Crippen LogP contribution in [0.4, 0.5) is 0 Å². The first-order valence-electron chi connectivity index (χ1n) is 4.94. The Balaban J connectivity index is 2.09. The zero-order valence-electron chi connectivity index (χ0n) is 8.08. The standard InChI is InChI=1S/C11H14BrNS/c12-9-11(4-2-1-3-5-11)8-10-13-6-7-14-10/h1-2,6-7H,3-5,8-9H2. The van der Waals surface area contributed by atoms with Crippen molar-refractivity contribution in [3.05, 3.63) is 28.7 Å². The van der Waals surface area contributed by atoms with Gasteiger partial charge in [-0.15, -0.1) is 11.3 Å². The maximum Gasteiger partial charge on any atom is 0.0930 e. The molecular weight excluding hydrogens is 258 g/mol. The van der Waals surface area contributed by atoms with E-state index in [0.29, 0.717) is 5.41 Å². The highest BCUT2D eigenvalue weighted by atomic mass is 79.9. The molecule has 0 aromatic carbocycles. The van der Waals surface area contributed by atoms with E-state index >= 15 is 0 Å². The third-order valence-electron chi connectivity index (χ3n) is 2.85. The molecule has 0 amide bonds. The third kappa shape index (κ3) is 2.26. The number of halogens is 1. The Kier molecular flexibility index (Phi) is 3.39. The number of rotatable bonds is 3. The Hall–Kier alpha value is -0.150. The number of hydrogen-bond donors (Lipinski definition) is 0. The normalized spacial score (nSPS) is 26.6. The van der Waals surface area contributed by atoms with Gasteiger partial charge < -0.3 is 0 Å². The number of thiazole rings is 1. The molecule has 76 valence electrons. The maximum atomic E-state index is 4.38. The highest BCUT2D eigenvalue weighted by Gasteiger charge is 2.29. The summed E-state index contributed by atoms with van der Waals surface area (Å²) in [5.41, 5.74) is 0.423. The summed E-state index contributed by atoms with van der Waals surface area (Å²) in [4.78, 5) is 4.38. The molecule has 1 heterocycles. The molecule has 14 heavy (non-hydrogen) atoms. The van der Waals surface area contributed by atoms with Crippen molar-refractivity contribution >= 4 is 27.3 Å². The van der Waals surface area contributed by atoms with Gasteiger partial charge in [-0.1, -0.05) is 28.1 Å². The minimum absolute atomic E-state index is 0.423. The van der Waals surface area contributed by atoms with Gasteiger partial charge in [0.1, 0.15) is 0 Å². The van der Waals surface area contributed by atoms with E-state index in [1.165, 1.54) is 24.3 Å². The van der Waals surface area contributed by atoms with Crippen molar-refractivity contribution in [3.8, 4) is 0 Å². The highest BCUT2D eigenvalue weighted by molar-refractivity contribution is 9.09. The topological polar surface area (TPSA) is 12.9 Å². The Morgan fingerprint density at radius 2 is 2.43 bits per heavy atom. The van der Waals surface area contributed by atoms with Crippen molar-refractivity contribution in [2.24, 2.45) is 5.41 Å². The summed E-state index contributed by atoms with van der Waals surface area (Å²) >= 11 is 5.43. The molecule has 1 atom stereocenters. The van der Waals surface area contributed by atoms with Crippen molar-refractivity contribution < 1.29 is 0 Å². The van der Waals surface area contributed by atoms with Crippen LogP contribution in [0.15, 0.2) is 23.7 Å². The summed E-state index contributed by atoms with van der Waals surface area (Å²) in [6.45, 7) is 0. The molecule has 1 nitrogen and oxygen atoms in total. The van der Waals surface area contributed by atoms with Crippen LogP contribution in [0, 0.1) is 5.41 Å². The van der Waals surface area contributed by atoms with Crippen LogP contribution in [-0.2, 0) is 6.42 Å². The van der Waals surface area contributed by atoms with Gasteiger partial charge in [-0.3, -0.25) is 0 Å². The van der Waals surface area contributed by atoms with Crippen LogP contribution < -0.4 is 0 Å². The second kappa shape index (κ2) is 4.58. The Morgan fingerprint density at radius 1 is 1.50 bits per heavy atom. The number of hydrogen-bond acceptors (Lipinski definition) is 2. The third-order valence-corrected chi connectivity index (χ3v) is 4.82. The van der Waals surface area contributed by atoms with E-state index in [9.17, 15) is 0 Å². The fourth-order valence-corrected chi connectivity index (χ4v) is 3.43. The quantitative estimate of drug-likeness (QED) is 0.602. The molecule has 0 spiro atoms. The van der Waals surface area contributed by atoms with Crippen LogP contribution in [0.2, 0.25) is 0 Å². The van der Waals surface area contributed by atoms with E-state index in [2.05, 4.69) is 38.4 Å². The summed E-state index contributed by atoms with van der Waals surface area (Å²) in [6, 6.07) is 0. The minimum Gasteiger partial charge on any atom is -0.250 e. The molecule has 0 saturated carbocycles. The molecule has 1 aromatic heterocycles. The SMILES string of the molecule is BrCC1(Cc2nccs2)CC=CCC1. The average Bonchev–Trinajstić information content (AvgIpc) is 2.72. The molecule has 1 unspecified atom stereocenters. The van der Waals surface area contributed by atoms with Gasteiger partial charge in [0.25, 0.3) is 0 Å². The summed E-state index contributed by atoms with van der Waals surface area (Å²) in [7, 11) is 0. The number of alkyl halides is 1. The van der Waals surface area contributed by atoms with Crippen LogP contribution in [0.1, 0.15) is 24.3 Å². The summed E-state index contributed by atoms with van der Waals surface area (Å²) in [5.74, 6) is 0. The van der Waals surface area contributed by atoms with Crippen LogP contribution in [0.3, 0.4) is 0 Å². The average molecular weight is 272 g/mol. The van der Waals surface area contributed by atoms with Crippen LogP contribution >= 0.6 is 27.3 Å². The number of nitrogens with zero attached hydrogens (tertiary/aromatic N) is 1. The molecule has 0 bridgehead atoms. The minimum atomic E-state index is 0.423. The van der Waals surface area contributed by atoms with Crippen molar-refractivity contribution in [1.29, 1.82) is 0 Å². The molecule has 1 aliphatic rings. The lowest BCUT2D eigenvalue weighted by molar-refractivity contribution is 0.300. The molecule has 2 rings (SSSR count). The second-order valence-electron chi connectivity index (χ2n) is 3.95. The molecule has 1 aliphatic carbocycles. The van der Waals surface area contributed by atoms with Crippen molar-refractivity contribution in [1.82, 2.24) is 4.98 Å². The molecule has 0 radical (unpaired) electrons. The number of aromatic nitrogens is 1. The predicted molar refractivity (Wildman–Crippen MR) is 65.0 cm³/mol. The molecule has 0 N–H and O–H groups in total. The predicted octanol–water partition coefficient (Wildman–Crippen LogP) is 3.81. The van der Waals surface area contributed by atoms with Gasteiger partial charge in [-0.25, -0.2) is 4.98 Å². The van der Waals surface area contributed by atoms with Crippen molar-refractivity contribution in [2.45, 2.75) is 25.7 Å². The van der Waals surface area contributed by atoms with E-state index in [1.54, 1.807) is 11.3 Å². The maximum absolute atomic E-state index is 4.38. The van der Waals surface area contributed by atoms with Crippen molar-refractivity contribution in [2.75, 3.05) is 5.33 Å². The van der Waals surface area contributed by atoms with E-state index in [1.807, 2.05) is 6.20 Å². The molecule has 3 heteroatoms. The Morgan fingerprint density at radius 3 is 3.00 bits per heavy atom. The van der Waals surface area contributed by atoms with Gasteiger partial charge in [-0.05, 0) is 24.7 Å². The van der Waals surface area contributed by atoms with Gasteiger partial charge >= 0.3 is 0 Å². The first-order valence-corrected chi connectivity index (χ1v) is 6.94. The van der Waals surface area contributed by atoms with Gasteiger partial charge in [0, 0.05) is 23.3 Å².